The highest BCUT2D eigenvalue weighted by atomic mass is 35.5. The number of hydrogen-bond acceptors (Lipinski definition) is 2. The highest BCUT2D eigenvalue weighted by Gasteiger charge is 2.07. The number of fused-ring (bicyclic) bond motifs is 1. The number of hydrogen-bond donors (Lipinski definition) is 1. The van der Waals surface area contributed by atoms with Crippen molar-refractivity contribution >= 4 is 28.5 Å². The smallest absolute Gasteiger partial charge is 0.267 e. The largest absolute Gasteiger partial charge is 0.270 e. The zero-order valence-corrected chi connectivity index (χ0v) is 10.6. The van der Waals surface area contributed by atoms with Crippen LogP contribution in [-0.4, -0.2) is 15.6 Å². The molecule has 0 aliphatic heterocycles. The van der Waals surface area contributed by atoms with Crippen molar-refractivity contribution in [3.8, 4) is 0 Å². The molecule has 3 rings (SSSR count). The second-order valence-corrected chi connectivity index (χ2v) is 4.49. The number of imidazole rings is 1. The van der Waals surface area contributed by atoms with E-state index in [2.05, 4.69) is 10.4 Å². The molecule has 94 valence electrons. The summed E-state index contributed by atoms with van der Waals surface area (Å²) in [5, 5.41) is 0.602. The van der Waals surface area contributed by atoms with E-state index in [1.807, 2.05) is 24.3 Å². The van der Waals surface area contributed by atoms with Crippen LogP contribution >= 0.6 is 11.6 Å². The number of aromatic nitrogens is 2. The zero-order valence-electron chi connectivity index (χ0n) is 9.88. The Kier molecular flexibility index (Phi) is 2.93. The van der Waals surface area contributed by atoms with Gasteiger partial charge in [-0.1, -0.05) is 23.7 Å². The maximum atomic E-state index is 12.1. The first-order chi connectivity index (χ1) is 9.24. The Morgan fingerprint density at radius 3 is 2.63 bits per heavy atom. The van der Waals surface area contributed by atoms with Crippen LogP contribution in [0.15, 0.2) is 54.9 Å². The maximum absolute atomic E-state index is 12.1. The lowest BCUT2D eigenvalue weighted by molar-refractivity contribution is 0.101. The molecule has 1 heterocycles. The number of nitrogens with one attached hydrogen (secondary N) is 1. The Labute approximate surface area is 114 Å². The summed E-state index contributed by atoms with van der Waals surface area (Å²) in [7, 11) is 0. The van der Waals surface area contributed by atoms with E-state index in [-0.39, 0.29) is 5.91 Å². The lowest BCUT2D eigenvalue weighted by Gasteiger charge is -2.06. The van der Waals surface area contributed by atoms with Crippen LogP contribution in [0.3, 0.4) is 0 Å². The molecule has 1 aromatic heterocycles. The molecule has 0 aliphatic carbocycles. The van der Waals surface area contributed by atoms with Gasteiger partial charge in [-0.25, -0.2) is 9.66 Å². The number of para-hydroxylation sites is 2. The first-order valence-corrected chi connectivity index (χ1v) is 6.11. The van der Waals surface area contributed by atoms with Crippen molar-refractivity contribution in [3.05, 3.63) is 65.4 Å². The van der Waals surface area contributed by atoms with Crippen LogP contribution in [0.1, 0.15) is 10.4 Å². The fourth-order valence-electron chi connectivity index (χ4n) is 1.82. The Morgan fingerprint density at radius 1 is 1.11 bits per heavy atom. The van der Waals surface area contributed by atoms with Crippen LogP contribution in [0.2, 0.25) is 5.02 Å². The summed E-state index contributed by atoms with van der Waals surface area (Å²) in [6.07, 6.45) is 1.58. The topological polar surface area (TPSA) is 46.9 Å². The number of halogens is 1. The molecule has 1 amide bonds. The second-order valence-electron chi connectivity index (χ2n) is 4.05. The number of nitrogens with zero attached hydrogens (tertiary/aromatic N) is 2. The third-order valence-electron chi connectivity index (χ3n) is 2.78. The molecule has 0 unspecified atom stereocenters. The average molecular weight is 272 g/mol. The van der Waals surface area contributed by atoms with Gasteiger partial charge in [-0.3, -0.25) is 10.2 Å². The van der Waals surface area contributed by atoms with Crippen LogP contribution in [0.25, 0.3) is 11.0 Å². The van der Waals surface area contributed by atoms with Gasteiger partial charge >= 0.3 is 0 Å². The minimum Gasteiger partial charge on any atom is -0.267 e. The van der Waals surface area contributed by atoms with Crippen molar-refractivity contribution in [1.29, 1.82) is 0 Å². The quantitative estimate of drug-likeness (QED) is 0.779. The summed E-state index contributed by atoms with van der Waals surface area (Å²) < 4.78 is 1.60. The van der Waals surface area contributed by atoms with Gasteiger partial charge in [-0.05, 0) is 36.4 Å². The highest BCUT2D eigenvalue weighted by molar-refractivity contribution is 6.30. The molecular weight excluding hydrogens is 262 g/mol. The summed E-state index contributed by atoms with van der Waals surface area (Å²) in [5.41, 5.74) is 5.00. The lowest BCUT2D eigenvalue weighted by Crippen LogP contribution is -2.21. The Balaban J connectivity index is 1.89. The molecule has 0 aliphatic rings. The maximum Gasteiger partial charge on any atom is 0.270 e. The molecule has 19 heavy (non-hydrogen) atoms. The van der Waals surface area contributed by atoms with Gasteiger partial charge in [-0.15, -0.1) is 0 Å². The van der Waals surface area contributed by atoms with Crippen molar-refractivity contribution in [1.82, 2.24) is 9.66 Å². The number of carbonyl (C=O) groups excluding carboxylic acids is 1. The molecule has 4 nitrogen and oxygen atoms in total. The summed E-state index contributed by atoms with van der Waals surface area (Å²) in [4.78, 5) is 16.3. The van der Waals surface area contributed by atoms with Crippen molar-refractivity contribution in [2.45, 2.75) is 0 Å². The number of benzene rings is 2. The van der Waals surface area contributed by atoms with Gasteiger partial charge in [0.1, 0.15) is 6.33 Å². The van der Waals surface area contributed by atoms with Crippen molar-refractivity contribution < 1.29 is 4.79 Å². The summed E-state index contributed by atoms with van der Waals surface area (Å²) in [6, 6.07) is 14.3. The normalized spacial score (nSPS) is 10.6. The monoisotopic (exact) mass is 271 g/mol. The van der Waals surface area contributed by atoms with Gasteiger partial charge in [0.2, 0.25) is 0 Å². The van der Waals surface area contributed by atoms with Crippen molar-refractivity contribution in [2.75, 3.05) is 5.43 Å². The molecule has 0 fully saturated rings. The standard InChI is InChI=1S/C14H10ClN3O/c15-11-7-5-10(6-8-11)14(19)17-18-9-16-12-3-1-2-4-13(12)18/h1-9H,(H,17,19). The Bertz CT molecular complexity index is 734. The van der Waals surface area contributed by atoms with Crippen LogP contribution in [0, 0.1) is 0 Å². The minimum atomic E-state index is -0.209. The van der Waals surface area contributed by atoms with E-state index in [4.69, 9.17) is 11.6 Å². The summed E-state index contributed by atoms with van der Waals surface area (Å²) >= 11 is 5.79. The van der Waals surface area contributed by atoms with E-state index < -0.39 is 0 Å². The first kappa shape index (κ1) is 11.7. The summed E-state index contributed by atoms with van der Waals surface area (Å²) in [5.74, 6) is -0.209. The van der Waals surface area contributed by atoms with Crippen LogP contribution in [-0.2, 0) is 0 Å². The van der Waals surface area contributed by atoms with Crippen LogP contribution < -0.4 is 5.43 Å². The average Bonchev–Trinajstić information content (AvgIpc) is 2.83. The number of carbonyl (C=O) groups is 1. The Hall–Kier alpha value is -2.33. The van der Waals surface area contributed by atoms with E-state index in [0.717, 1.165) is 11.0 Å². The fourth-order valence-corrected chi connectivity index (χ4v) is 1.95. The lowest BCUT2D eigenvalue weighted by atomic mass is 10.2. The molecule has 0 atom stereocenters. The fraction of sp³-hybridized carbons (Fsp3) is 0. The summed E-state index contributed by atoms with van der Waals surface area (Å²) in [6.45, 7) is 0. The third-order valence-corrected chi connectivity index (χ3v) is 3.03. The van der Waals surface area contributed by atoms with Gasteiger partial charge in [0, 0.05) is 10.6 Å². The van der Waals surface area contributed by atoms with E-state index in [1.165, 1.54) is 0 Å². The van der Waals surface area contributed by atoms with E-state index in [1.54, 1.807) is 35.3 Å². The predicted molar refractivity (Wildman–Crippen MR) is 74.9 cm³/mol. The molecule has 0 bridgehead atoms. The minimum absolute atomic E-state index is 0.209. The van der Waals surface area contributed by atoms with Gasteiger partial charge in [0.25, 0.3) is 5.91 Å². The van der Waals surface area contributed by atoms with E-state index in [0.29, 0.717) is 10.6 Å². The third kappa shape index (κ3) is 2.30. The number of amides is 1. The highest BCUT2D eigenvalue weighted by Crippen LogP contribution is 2.12. The van der Waals surface area contributed by atoms with Crippen LogP contribution in [0.5, 0.6) is 0 Å². The van der Waals surface area contributed by atoms with Gasteiger partial charge < -0.3 is 0 Å². The number of rotatable bonds is 2. The molecule has 1 N–H and O–H groups in total. The van der Waals surface area contributed by atoms with Gasteiger partial charge in [-0.2, -0.15) is 0 Å². The molecule has 3 aromatic rings. The molecule has 5 heteroatoms. The van der Waals surface area contributed by atoms with Crippen molar-refractivity contribution in [3.63, 3.8) is 0 Å². The van der Waals surface area contributed by atoms with Gasteiger partial charge in [0.15, 0.2) is 0 Å². The first-order valence-electron chi connectivity index (χ1n) is 5.73. The second kappa shape index (κ2) is 4.74. The molecule has 0 spiro atoms. The van der Waals surface area contributed by atoms with Crippen molar-refractivity contribution in [2.24, 2.45) is 0 Å². The van der Waals surface area contributed by atoms with E-state index >= 15 is 0 Å². The predicted octanol–water partition coefficient (Wildman–Crippen LogP) is 3.07. The SMILES string of the molecule is O=C(Nn1cnc2ccccc21)c1ccc(Cl)cc1. The zero-order chi connectivity index (χ0) is 13.2. The Morgan fingerprint density at radius 2 is 1.84 bits per heavy atom. The molecule has 0 radical (unpaired) electrons. The van der Waals surface area contributed by atoms with Crippen LogP contribution in [0.4, 0.5) is 0 Å². The van der Waals surface area contributed by atoms with Gasteiger partial charge in [0.05, 0.1) is 11.0 Å². The van der Waals surface area contributed by atoms with E-state index in [9.17, 15) is 4.79 Å². The molecule has 0 saturated heterocycles. The molecule has 0 saturated carbocycles. The molecule has 2 aromatic carbocycles. The molecular formula is C14H10ClN3O.